The van der Waals surface area contributed by atoms with Gasteiger partial charge in [0.1, 0.15) is 0 Å². The maximum absolute atomic E-state index is 13.1. The van der Waals surface area contributed by atoms with E-state index < -0.39 is 0 Å². The van der Waals surface area contributed by atoms with Gasteiger partial charge in [0, 0.05) is 37.1 Å². The molecule has 0 bridgehead atoms. The number of piperazine rings is 1. The van der Waals surface area contributed by atoms with Crippen molar-refractivity contribution in [3.05, 3.63) is 22.4 Å². The van der Waals surface area contributed by atoms with Gasteiger partial charge in [-0.2, -0.15) is 0 Å². The van der Waals surface area contributed by atoms with E-state index >= 15 is 0 Å². The predicted molar refractivity (Wildman–Crippen MR) is 96.0 cm³/mol. The molecule has 0 unspecified atom stereocenters. The van der Waals surface area contributed by atoms with E-state index in [0.29, 0.717) is 6.04 Å². The number of hydrogen-bond donors (Lipinski definition) is 1. The van der Waals surface area contributed by atoms with E-state index in [-0.39, 0.29) is 11.3 Å². The predicted octanol–water partition coefficient (Wildman–Crippen LogP) is 2.31. The van der Waals surface area contributed by atoms with Gasteiger partial charge in [-0.05, 0) is 38.4 Å². The third-order valence-corrected chi connectivity index (χ3v) is 6.69. The first-order valence-corrected chi connectivity index (χ1v) is 9.71. The van der Waals surface area contributed by atoms with Crippen LogP contribution in [0.3, 0.4) is 0 Å². The highest BCUT2D eigenvalue weighted by molar-refractivity contribution is 7.10. The van der Waals surface area contributed by atoms with Gasteiger partial charge in [-0.15, -0.1) is 11.3 Å². The Labute approximate surface area is 143 Å². The molecule has 1 aliphatic heterocycles. The number of carbonyl (C=O) groups excluding carboxylic acids is 1. The van der Waals surface area contributed by atoms with Crippen LogP contribution in [0.25, 0.3) is 0 Å². The number of carbonyl (C=O) groups is 1. The summed E-state index contributed by atoms with van der Waals surface area (Å²) in [6, 6.07) is 4.64. The Morgan fingerprint density at radius 2 is 2.09 bits per heavy atom. The molecular formula is C18H29N3OS. The Morgan fingerprint density at radius 3 is 2.78 bits per heavy atom. The number of hydrogen-bond acceptors (Lipinski definition) is 4. The zero-order chi connectivity index (χ0) is 16.3. The van der Waals surface area contributed by atoms with Crippen LogP contribution in [-0.4, -0.2) is 62.0 Å². The summed E-state index contributed by atoms with van der Waals surface area (Å²) < 4.78 is 0. The third kappa shape index (κ3) is 3.62. The molecule has 2 heterocycles. The van der Waals surface area contributed by atoms with Crippen molar-refractivity contribution in [3.8, 4) is 0 Å². The molecule has 128 valence electrons. The van der Waals surface area contributed by atoms with Gasteiger partial charge in [0.2, 0.25) is 5.91 Å². The van der Waals surface area contributed by atoms with Crippen molar-refractivity contribution < 1.29 is 4.79 Å². The van der Waals surface area contributed by atoms with Gasteiger partial charge in [0.05, 0.1) is 5.41 Å². The Kier molecular flexibility index (Phi) is 5.39. The van der Waals surface area contributed by atoms with Crippen molar-refractivity contribution in [1.82, 2.24) is 15.1 Å². The maximum atomic E-state index is 13.1. The van der Waals surface area contributed by atoms with Crippen LogP contribution in [0.2, 0.25) is 0 Å². The summed E-state index contributed by atoms with van der Waals surface area (Å²) in [5.74, 6) is 0.251. The van der Waals surface area contributed by atoms with Crippen molar-refractivity contribution in [2.75, 3.05) is 40.3 Å². The molecule has 1 aromatic rings. The molecule has 1 saturated heterocycles. The van der Waals surface area contributed by atoms with Crippen molar-refractivity contribution in [1.29, 1.82) is 0 Å². The molecule has 1 saturated carbocycles. The smallest absolute Gasteiger partial charge is 0.231 e. The Hall–Kier alpha value is -0.910. The van der Waals surface area contributed by atoms with Gasteiger partial charge in [0.15, 0.2) is 0 Å². The van der Waals surface area contributed by atoms with Crippen LogP contribution >= 0.6 is 11.3 Å². The lowest BCUT2D eigenvalue weighted by atomic mass is 9.72. The van der Waals surface area contributed by atoms with Gasteiger partial charge in [0.25, 0.3) is 0 Å². The summed E-state index contributed by atoms with van der Waals surface area (Å²) in [7, 11) is 4.33. The van der Waals surface area contributed by atoms with Crippen LogP contribution in [0.4, 0.5) is 0 Å². The lowest BCUT2D eigenvalue weighted by molar-refractivity contribution is -0.128. The molecular weight excluding hydrogens is 306 g/mol. The molecule has 1 aliphatic carbocycles. The molecule has 1 N–H and O–H groups in total. The number of nitrogens with zero attached hydrogens (tertiary/aromatic N) is 2. The van der Waals surface area contributed by atoms with Crippen molar-refractivity contribution >= 4 is 17.2 Å². The fraction of sp³-hybridized carbons (Fsp3) is 0.722. The fourth-order valence-corrected chi connectivity index (χ4v) is 4.98. The second kappa shape index (κ2) is 7.32. The highest BCUT2D eigenvalue weighted by atomic mass is 32.1. The summed E-state index contributed by atoms with van der Waals surface area (Å²) in [4.78, 5) is 19.1. The Morgan fingerprint density at radius 1 is 1.30 bits per heavy atom. The lowest BCUT2D eigenvalue weighted by Crippen LogP contribution is -2.56. The van der Waals surface area contributed by atoms with Crippen molar-refractivity contribution in [2.24, 2.45) is 0 Å². The van der Waals surface area contributed by atoms with Gasteiger partial charge in [-0.3, -0.25) is 9.69 Å². The van der Waals surface area contributed by atoms with E-state index in [0.717, 1.165) is 51.9 Å². The van der Waals surface area contributed by atoms with Crippen LogP contribution in [0.5, 0.6) is 0 Å². The van der Waals surface area contributed by atoms with Gasteiger partial charge in [-0.25, -0.2) is 0 Å². The molecule has 23 heavy (non-hydrogen) atoms. The van der Waals surface area contributed by atoms with E-state index in [1.165, 1.54) is 11.3 Å². The van der Waals surface area contributed by atoms with Crippen LogP contribution in [-0.2, 0) is 10.2 Å². The molecule has 2 aliphatic rings. The molecule has 0 spiro atoms. The zero-order valence-electron chi connectivity index (χ0n) is 14.4. The largest absolute Gasteiger partial charge is 0.354 e. The lowest BCUT2D eigenvalue weighted by Gasteiger charge is -2.39. The Balaban J connectivity index is 1.67. The van der Waals surface area contributed by atoms with Crippen LogP contribution in [0.15, 0.2) is 17.5 Å². The monoisotopic (exact) mass is 335 g/mol. The second-order valence-corrected chi connectivity index (χ2v) is 8.17. The number of likely N-dealkylation sites (N-methyl/N-ethyl adjacent to an activating group) is 2. The molecule has 1 amide bonds. The van der Waals surface area contributed by atoms with Gasteiger partial charge < -0.3 is 10.2 Å². The minimum atomic E-state index is -0.272. The normalized spacial score (nSPS) is 26.1. The topological polar surface area (TPSA) is 35.6 Å². The molecule has 5 heteroatoms. The van der Waals surface area contributed by atoms with Crippen LogP contribution < -0.4 is 5.32 Å². The second-order valence-electron chi connectivity index (χ2n) is 7.23. The SMILES string of the molecule is CN1CCN(C)[C@@H](CNC(=O)C2(c3cccs3)CCCCC2)C1. The minimum Gasteiger partial charge on any atom is -0.354 e. The van der Waals surface area contributed by atoms with E-state index in [1.807, 2.05) is 0 Å². The average Bonchev–Trinajstić information content (AvgIpc) is 3.11. The highest BCUT2D eigenvalue weighted by Gasteiger charge is 2.42. The number of rotatable bonds is 4. The van der Waals surface area contributed by atoms with Crippen LogP contribution in [0.1, 0.15) is 37.0 Å². The first kappa shape index (κ1) is 16.9. The first-order chi connectivity index (χ1) is 11.1. The van der Waals surface area contributed by atoms with E-state index in [9.17, 15) is 4.79 Å². The zero-order valence-corrected chi connectivity index (χ0v) is 15.2. The number of nitrogens with one attached hydrogen (secondary N) is 1. The van der Waals surface area contributed by atoms with Crippen molar-refractivity contribution in [2.45, 2.75) is 43.6 Å². The van der Waals surface area contributed by atoms with Crippen LogP contribution in [0, 0.1) is 0 Å². The fourth-order valence-electron chi connectivity index (χ4n) is 3.99. The summed E-state index contributed by atoms with van der Waals surface area (Å²) in [5.41, 5.74) is -0.272. The molecule has 4 nitrogen and oxygen atoms in total. The molecule has 0 aromatic carbocycles. The van der Waals surface area contributed by atoms with E-state index in [4.69, 9.17) is 0 Å². The minimum absolute atomic E-state index is 0.251. The maximum Gasteiger partial charge on any atom is 0.231 e. The highest BCUT2D eigenvalue weighted by Crippen LogP contribution is 2.41. The van der Waals surface area contributed by atoms with E-state index in [1.54, 1.807) is 11.3 Å². The summed E-state index contributed by atoms with van der Waals surface area (Å²) in [6.45, 7) is 3.97. The van der Waals surface area contributed by atoms with E-state index in [2.05, 4.69) is 46.7 Å². The van der Waals surface area contributed by atoms with Gasteiger partial charge >= 0.3 is 0 Å². The molecule has 1 aromatic heterocycles. The quantitative estimate of drug-likeness (QED) is 0.917. The molecule has 0 radical (unpaired) electrons. The summed E-state index contributed by atoms with van der Waals surface area (Å²) >= 11 is 1.74. The molecule has 3 rings (SSSR count). The first-order valence-electron chi connectivity index (χ1n) is 8.83. The Bertz CT molecular complexity index is 510. The van der Waals surface area contributed by atoms with Gasteiger partial charge in [-0.1, -0.05) is 25.3 Å². The standard InChI is InChI=1S/C18H29N3OS/c1-20-10-11-21(2)15(14-20)13-19-17(22)18(8-4-3-5-9-18)16-7-6-12-23-16/h6-7,12,15H,3-5,8-11,13-14H2,1-2H3,(H,19,22)/t15-/m0/s1. The summed E-state index contributed by atoms with van der Waals surface area (Å²) in [6.07, 6.45) is 5.59. The number of thiophene rings is 1. The average molecular weight is 336 g/mol. The number of amides is 1. The molecule has 2 fully saturated rings. The van der Waals surface area contributed by atoms with Crippen molar-refractivity contribution in [3.63, 3.8) is 0 Å². The molecule has 1 atom stereocenters. The summed E-state index contributed by atoms with van der Waals surface area (Å²) in [5, 5.41) is 5.40. The third-order valence-electron chi connectivity index (χ3n) is 5.61.